The molecule has 1 aliphatic heterocycles. The summed E-state index contributed by atoms with van der Waals surface area (Å²) in [6.45, 7) is 3.68. The summed E-state index contributed by atoms with van der Waals surface area (Å²) in [5, 5.41) is 3.94. The molecule has 0 saturated carbocycles. The van der Waals surface area contributed by atoms with Crippen LogP contribution < -0.4 is 5.32 Å². The highest BCUT2D eigenvalue weighted by molar-refractivity contribution is 14.0. The van der Waals surface area contributed by atoms with E-state index in [1.165, 1.54) is 24.8 Å². The van der Waals surface area contributed by atoms with Crippen LogP contribution in [0, 0.1) is 5.92 Å². The minimum atomic E-state index is 0. The monoisotopic (exact) mass is 466 g/mol. The van der Waals surface area contributed by atoms with Crippen molar-refractivity contribution in [2.45, 2.75) is 25.7 Å². The van der Waals surface area contributed by atoms with Gasteiger partial charge in [-0.05, 0) is 43.2 Å². The zero-order valence-electron chi connectivity index (χ0n) is 14.5. The van der Waals surface area contributed by atoms with Crippen molar-refractivity contribution in [2.75, 3.05) is 40.4 Å². The third-order valence-electron chi connectivity index (χ3n) is 4.27. The summed E-state index contributed by atoms with van der Waals surface area (Å²) >= 11 is 5.80. The third-order valence-corrected chi connectivity index (χ3v) is 4.50. The second kappa shape index (κ2) is 11.9. The fraction of sp³-hybridized carbons (Fsp3) is 0.647. The molecule has 0 unspecified atom stereocenters. The van der Waals surface area contributed by atoms with Crippen molar-refractivity contribution >= 4 is 41.5 Å². The maximum Gasteiger partial charge on any atom is 0.193 e. The Morgan fingerprint density at radius 1 is 1.42 bits per heavy atom. The molecule has 5 nitrogen and oxygen atoms in total. The van der Waals surface area contributed by atoms with Gasteiger partial charge < -0.3 is 15.0 Å². The first-order chi connectivity index (χ1) is 11.2. The summed E-state index contributed by atoms with van der Waals surface area (Å²) in [7, 11) is 3.93. The molecule has 0 aliphatic carbocycles. The number of halogens is 2. The standard InChI is InChI=1S/C17H27ClN4O.HI/c1-19-17(20-9-5-15-3-4-16(18)21-13-15)22(2)10-6-14-7-11-23-12-8-14;/h3-4,13-14H,5-12H2,1-2H3,(H,19,20);1H. The highest BCUT2D eigenvalue weighted by Crippen LogP contribution is 2.18. The van der Waals surface area contributed by atoms with Crippen LogP contribution in [0.5, 0.6) is 0 Å². The van der Waals surface area contributed by atoms with Gasteiger partial charge in [0.25, 0.3) is 0 Å². The predicted octanol–water partition coefficient (Wildman–Crippen LogP) is 3.22. The van der Waals surface area contributed by atoms with Crippen molar-refractivity contribution in [3.8, 4) is 0 Å². The van der Waals surface area contributed by atoms with E-state index in [1.807, 2.05) is 25.4 Å². The number of pyridine rings is 1. The number of rotatable bonds is 6. The number of nitrogens with one attached hydrogen (secondary N) is 1. The largest absolute Gasteiger partial charge is 0.381 e. The van der Waals surface area contributed by atoms with Crippen molar-refractivity contribution in [3.63, 3.8) is 0 Å². The molecule has 1 aromatic heterocycles. The van der Waals surface area contributed by atoms with Gasteiger partial charge in [0.1, 0.15) is 5.15 Å². The number of guanidine groups is 1. The highest BCUT2D eigenvalue weighted by atomic mass is 127. The number of hydrogen-bond donors (Lipinski definition) is 1. The minimum absolute atomic E-state index is 0. The van der Waals surface area contributed by atoms with E-state index in [4.69, 9.17) is 16.3 Å². The van der Waals surface area contributed by atoms with Crippen molar-refractivity contribution in [1.29, 1.82) is 0 Å². The first kappa shape index (κ1) is 21.4. The number of aromatic nitrogens is 1. The Bertz CT molecular complexity index is 492. The zero-order valence-corrected chi connectivity index (χ0v) is 17.6. The van der Waals surface area contributed by atoms with Crippen LogP contribution in [-0.4, -0.2) is 56.2 Å². The van der Waals surface area contributed by atoms with Gasteiger partial charge in [-0.25, -0.2) is 4.98 Å². The summed E-state index contributed by atoms with van der Waals surface area (Å²) in [4.78, 5) is 10.7. The molecule has 1 aromatic rings. The van der Waals surface area contributed by atoms with Gasteiger partial charge >= 0.3 is 0 Å². The Hall–Kier alpha value is -0.600. The zero-order chi connectivity index (χ0) is 16.5. The van der Waals surface area contributed by atoms with E-state index in [1.54, 1.807) is 0 Å². The molecule has 1 fully saturated rings. The lowest BCUT2D eigenvalue weighted by molar-refractivity contribution is 0.0625. The Labute approximate surface area is 167 Å². The summed E-state index contributed by atoms with van der Waals surface area (Å²) in [5.41, 5.74) is 1.17. The second-order valence-electron chi connectivity index (χ2n) is 5.98. The van der Waals surface area contributed by atoms with Crippen LogP contribution in [-0.2, 0) is 11.2 Å². The lowest BCUT2D eigenvalue weighted by Gasteiger charge is -2.26. The Balaban J connectivity index is 0.00000288. The average Bonchev–Trinajstić information content (AvgIpc) is 2.59. The molecule has 0 aromatic carbocycles. The smallest absolute Gasteiger partial charge is 0.193 e. The fourth-order valence-electron chi connectivity index (χ4n) is 2.77. The molecule has 1 aliphatic rings. The summed E-state index contributed by atoms with van der Waals surface area (Å²) in [6.07, 6.45) is 6.28. The van der Waals surface area contributed by atoms with Gasteiger partial charge in [0.05, 0.1) is 0 Å². The number of ether oxygens (including phenoxy) is 1. The topological polar surface area (TPSA) is 49.8 Å². The molecule has 1 N–H and O–H groups in total. The molecule has 7 heteroatoms. The van der Waals surface area contributed by atoms with Gasteiger partial charge in [-0.15, -0.1) is 24.0 Å². The van der Waals surface area contributed by atoms with Crippen molar-refractivity contribution in [2.24, 2.45) is 10.9 Å². The van der Waals surface area contributed by atoms with Crippen LogP contribution >= 0.6 is 35.6 Å². The van der Waals surface area contributed by atoms with E-state index >= 15 is 0 Å². The number of nitrogens with zero attached hydrogens (tertiary/aromatic N) is 3. The SMILES string of the molecule is CN=C(NCCc1ccc(Cl)nc1)N(C)CCC1CCOCC1.I. The first-order valence-electron chi connectivity index (χ1n) is 8.29. The maximum atomic E-state index is 5.80. The molecule has 0 spiro atoms. The average molecular weight is 467 g/mol. The highest BCUT2D eigenvalue weighted by Gasteiger charge is 2.15. The molecule has 1 saturated heterocycles. The quantitative estimate of drug-likeness (QED) is 0.303. The van der Waals surface area contributed by atoms with Crippen LogP contribution in [0.15, 0.2) is 23.3 Å². The number of aliphatic imine (C=N–C) groups is 1. The lowest BCUT2D eigenvalue weighted by atomic mass is 9.96. The Kier molecular flexibility index (Phi) is 10.6. The van der Waals surface area contributed by atoms with E-state index in [9.17, 15) is 0 Å². The number of hydrogen-bond acceptors (Lipinski definition) is 3. The summed E-state index contributed by atoms with van der Waals surface area (Å²) < 4.78 is 5.41. The molecular weight excluding hydrogens is 439 g/mol. The van der Waals surface area contributed by atoms with Crippen LogP contribution in [0.25, 0.3) is 0 Å². The van der Waals surface area contributed by atoms with Crippen molar-refractivity contribution < 1.29 is 4.74 Å². The molecule has 0 amide bonds. The van der Waals surface area contributed by atoms with Crippen LogP contribution in [0.4, 0.5) is 0 Å². The predicted molar refractivity (Wildman–Crippen MR) is 111 cm³/mol. The molecule has 0 atom stereocenters. The Morgan fingerprint density at radius 3 is 2.79 bits per heavy atom. The molecular formula is C17H28ClIN4O. The van der Waals surface area contributed by atoms with Gasteiger partial charge in [-0.3, -0.25) is 4.99 Å². The van der Waals surface area contributed by atoms with Crippen LogP contribution in [0.3, 0.4) is 0 Å². The van der Waals surface area contributed by atoms with E-state index in [-0.39, 0.29) is 24.0 Å². The van der Waals surface area contributed by atoms with Crippen molar-refractivity contribution in [1.82, 2.24) is 15.2 Å². The van der Waals surface area contributed by atoms with Gasteiger partial charge in [0, 0.05) is 46.6 Å². The molecule has 2 heterocycles. The van der Waals surface area contributed by atoms with Gasteiger partial charge in [-0.2, -0.15) is 0 Å². The van der Waals surface area contributed by atoms with Crippen LogP contribution in [0.2, 0.25) is 5.15 Å². The summed E-state index contributed by atoms with van der Waals surface area (Å²) in [5.74, 6) is 1.73. The van der Waals surface area contributed by atoms with Crippen molar-refractivity contribution in [3.05, 3.63) is 29.0 Å². The fourth-order valence-corrected chi connectivity index (χ4v) is 2.89. The Morgan fingerprint density at radius 2 is 2.17 bits per heavy atom. The molecule has 0 radical (unpaired) electrons. The van der Waals surface area contributed by atoms with Gasteiger partial charge in [-0.1, -0.05) is 17.7 Å². The minimum Gasteiger partial charge on any atom is -0.381 e. The van der Waals surface area contributed by atoms with Gasteiger partial charge in [0.15, 0.2) is 5.96 Å². The van der Waals surface area contributed by atoms with E-state index in [0.717, 1.165) is 44.6 Å². The lowest BCUT2D eigenvalue weighted by Crippen LogP contribution is -2.40. The summed E-state index contributed by atoms with van der Waals surface area (Å²) in [6, 6.07) is 3.83. The normalized spacial score (nSPS) is 15.7. The second-order valence-corrected chi connectivity index (χ2v) is 6.37. The molecule has 0 bridgehead atoms. The molecule has 24 heavy (non-hydrogen) atoms. The third kappa shape index (κ3) is 7.53. The molecule has 136 valence electrons. The van der Waals surface area contributed by atoms with Gasteiger partial charge in [0.2, 0.25) is 0 Å². The van der Waals surface area contributed by atoms with Crippen LogP contribution in [0.1, 0.15) is 24.8 Å². The molecule has 2 rings (SSSR count). The van der Waals surface area contributed by atoms with E-state index in [0.29, 0.717) is 5.15 Å². The van der Waals surface area contributed by atoms with E-state index in [2.05, 4.69) is 27.2 Å². The van der Waals surface area contributed by atoms with E-state index < -0.39 is 0 Å². The maximum absolute atomic E-state index is 5.80. The first-order valence-corrected chi connectivity index (χ1v) is 8.67.